The van der Waals surface area contributed by atoms with Gasteiger partial charge in [0.05, 0.1) is 16.6 Å². The molecule has 0 aliphatic rings. The maximum Gasteiger partial charge on any atom is 0.259 e. The summed E-state index contributed by atoms with van der Waals surface area (Å²) >= 11 is 3.40. The molecule has 0 radical (unpaired) electrons. The van der Waals surface area contributed by atoms with Crippen molar-refractivity contribution in [2.45, 2.75) is 26.7 Å². The lowest BCUT2D eigenvalue weighted by atomic mass is 10.0. The Hall–Kier alpha value is -2.21. The van der Waals surface area contributed by atoms with Crippen molar-refractivity contribution in [2.24, 2.45) is 0 Å². The van der Waals surface area contributed by atoms with Gasteiger partial charge >= 0.3 is 0 Å². The molecule has 0 bridgehead atoms. The highest BCUT2D eigenvalue weighted by Gasteiger charge is 2.19. The van der Waals surface area contributed by atoms with Crippen molar-refractivity contribution in [1.29, 1.82) is 0 Å². The number of halogens is 1. The summed E-state index contributed by atoms with van der Waals surface area (Å²) in [5, 5.41) is 7.50. The molecule has 0 saturated carbocycles. The molecule has 1 N–H and O–H groups in total. The largest absolute Gasteiger partial charge is 0.336 e. The van der Waals surface area contributed by atoms with Gasteiger partial charge in [0.15, 0.2) is 0 Å². The molecule has 2 heterocycles. The summed E-state index contributed by atoms with van der Waals surface area (Å²) in [6.07, 6.45) is 0. The molecule has 0 aliphatic carbocycles. The lowest BCUT2D eigenvalue weighted by Gasteiger charge is -2.10. The summed E-state index contributed by atoms with van der Waals surface area (Å²) in [6.45, 7) is 5.85. The van der Waals surface area contributed by atoms with Crippen LogP contribution in [0.25, 0.3) is 11.1 Å². The minimum atomic E-state index is -0.205. The molecule has 118 valence electrons. The van der Waals surface area contributed by atoms with E-state index < -0.39 is 0 Å². The maximum absolute atomic E-state index is 12.7. The fourth-order valence-electron chi connectivity index (χ4n) is 2.35. The molecule has 0 fully saturated rings. The van der Waals surface area contributed by atoms with Gasteiger partial charge in [0.2, 0.25) is 0 Å². The van der Waals surface area contributed by atoms with E-state index in [1.54, 1.807) is 6.92 Å². The van der Waals surface area contributed by atoms with E-state index in [4.69, 9.17) is 4.52 Å². The van der Waals surface area contributed by atoms with Gasteiger partial charge in [-0.1, -0.05) is 41.0 Å². The Kier molecular flexibility index (Phi) is 4.17. The van der Waals surface area contributed by atoms with Crippen LogP contribution in [0.5, 0.6) is 0 Å². The van der Waals surface area contributed by atoms with E-state index in [-0.39, 0.29) is 11.8 Å². The predicted molar refractivity (Wildman–Crippen MR) is 92.7 cm³/mol. The summed E-state index contributed by atoms with van der Waals surface area (Å²) in [5.74, 6) is -0.0223. The Morgan fingerprint density at radius 1 is 1.30 bits per heavy atom. The molecule has 1 amide bonds. The topological polar surface area (TPSA) is 68.0 Å². The van der Waals surface area contributed by atoms with Gasteiger partial charge in [-0.05, 0) is 37.1 Å². The number of nitrogens with one attached hydrogen (secondary N) is 1. The third kappa shape index (κ3) is 3.12. The van der Waals surface area contributed by atoms with Crippen molar-refractivity contribution in [3.63, 3.8) is 0 Å². The summed E-state index contributed by atoms with van der Waals surface area (Å²) in [6, 6.07) is 9.27. The Bertz CT molecular complexity index is 887. The molecule has 6 heteroatoms. The number of fused-ring (bicyclic) bond motifs is 1. The number of rotatable bonds is 3. The van der Waals surface area contributed by atoms with Crippen LogP contribution in [0.15, 0.2) is 39.3 Å². The summed E-state index contributed by atoms with van der Waals surface area (Å²) in [7, 11) is 0. The molecule has 3 aromatic rings. The number of aryl methyl sites for hydroxylation is 1. The first-order valence-corrected chi connectivity index (χ1v) is 8.09. The van der Waals surface area contributed by atoms with E-state index in [0.717, 1.165) is 15.9 Å². The van der Waals surface area contributed by atoms with Crippen molar-refractivity contribution < 1.29 is 9.32 Å². The molecule has 0 atom stereocenters. The second-order valence-corrected chi connectivity index (χ2v) is 6.58. The molecule has 23 heavy (non-hydrogen) atoms. The van der Waals surface area contributed by atoms with Crippen LogP contribution >= 0.6 is 15.9 Å². The minimum Gasteiger partial charge on any atom is -0.336 e. The third-order valence-corrected chi connectivity index (χ3v) is 4.05. The second-order valence-electron chi connectivity index (χ2n) is 5.66. The number of anilines is 1. The number of hydrogen-bond acceptors (Lipinski definition) is 4. The smallest absolute Gasteiger partial charge is 0.259 e. The highest BCUT2D eigenvalue weighted by atomic mass is 79.9. The molecule has 0 aliphatic heterocycles. The molecule has 0 saturated heterocycles. The van der Waals surface area contributed by atoms with Gasteiger partial charge in [0, 0.05) is 15.9 Å². The first kappa shape index (κ1) is 15.7. The quantitative estimate of drug-likeness (QED) is 0.724. The average Bonchev–Trinajstić information content (AvgIpc) is 2.88. The van der Waals surface area contributed by atoms with E-state index in [2.05, 4.69) is 31.4 Å². The van der Waals surface area contributed by atoms with Crippen molar-refractivity contribution in [2.75, 3.05) is 5.32 Å². The number of nitrogens with zero attached hydrogens (tertiary/aromatic N) is 2. The Balaban J connectivity index is 2.06. The first-order chi connectivity index (χ1) is 11.0. The number of amides is 1. The highest BCUT2D eigenvalue weighted by Crippen LogP contribution is 2.26. The number of aromatic nitrogens is 2. The van der Waals surface area contributed by atoms with Gasteiger partial charge in [-0.3, -0.25) is 4.79 Å². The predicted octanol–water partition coefficient (Wildman–Crippen LogP) is 4.67. The van der Waals surface area contributed by atoms with Crippen LogP contribution < -0.4 is 5.32 Å². The SMILES string of the molecule is Cc1noc2nc(C(C)C)cc(C(=O)Nc3cccc(Br)c3)c12. The Labute approximate surface area is 142 Å². The monoisotopic (exact) mass is 373 g/mol. The molecule has 3 rings (SSSR count). The lowest BCUT2D eigenvalue weighted by Crippen LogP contribution is -2.13. The number of carbonyl (C=O) groups is 1. The Morgan fingerprint density at radius 3 is 2.78 bits per heavy atom. The molecule has 0 spiro atoms. The summed E-state index contributed by atoms with van der Waals surface area (Å²) in [5.41, 5.74) is 3.09. The number of pyridine rings is 1. The fourth-order valence-corrected chi connectivity index (χ4v) is 2.75. The van der Waals surface area contributed by atoms with Crippen molar-refractivity contribution in [3.05, 3.63) is 51.8 Å². The number of carbonyl (C=O) groups excluding carboxylic acids is 1. The molecule has 5 nitrogen and oxygen atoms in total. The van der Waals surface area contributed by atoms with E-state index in [0.29, 0.717) is 22.4 Å². The van der Waals surface area contributed by atoms with Gasteiger partial charge in [-0.2, -0.15) is 0 Å². The lowest BCUT2D eigenvalue weighted by molar-refractivity contribution is 0.102. The highest BCUT2D eigenvalue weighted by molar-refractivity contribution is 9.10. The molecular formula is C17H16BrN3O2. The molecule has 1 aromatic carbocycles. The minimum absolute atomic E-state index is 0.183. The van der Waals surface area contributed by atoms with Crippen LogP contribution in [-0.2, 0) is 0 Å². The van der Waals surface area contributed by atoms with Gasteiger partial charge in [-0.25, -0.2) is 4.98 Å². The number of benzene rings is 1. The molecular weight excluding hydrogens is 358 g/mol. The fraction of sp³-hybridized carbons (Fsp3) is 0.235. The third-order valence-electron chi connectivity index (χ3n) is 3.56. The number of hydrogen-bond donors (Lipinski definition) is 1. The second kappa shape index (κ2) is 6.12. The van der Waals surface area contributed by atoms with Crippen molar-refractivity contribution >= 4 is 38.6 Å². The Morgan fingerprint density at radius 2 is 2.09 bits per heavy atom. The standard InChI is InChI=1S/C17H16BrN3O2/c1-9(2)14-8-13(15-10(3)21-23-17(15)20-14)16(22)19-12-6-4-5-11(18)7-12/h4-9H,1-3H3,(H,19,22). The van der Waals surface area contributed by atoms with Crippen molar-refractivity contribution in [1.82, 2.24) is 10.1 Å². The van der Waals surface area contributed by atoms with E-state index in [1.165, 1.54) is 0 Å². The molecule has 0 unspecified atom stereocenters. The zero-order chi connectivity index (χ0) is 16.6. The van der Waals surface area contributed by atoms with Crippen LogP contribution in [0.3, 0.4) is 0 Å². The van der Waals surface area contributed by atoms with E-state index >= 15 is 0 Å². The van der Waals surface area contributed by atoms with Crippen LogP contribution in [0.4, 0.5) is 5.69 Å². The van der Waals surface area contributed by atoms with Crippen molar-refractivity contribution in [3.8, 4) is 0 Å². The van der Waals surface area contributed by atoms with Gasteiger partial charge in [0.25, 0.3) is 11.6 Å². The van der Waals surface area contributed by atoms with E-state index in [9.17, 15) is 4.79 Å². The summed E-state index contributed by atoms with van der Waals surface area (Å²) in [4.78, 5) is 17.2. The first-order valence-electron chi connectivity index (χ1n) is 7.29. The van der Waals surface area contributed by atoms with Crippen LogP contribution in [0.1, 0.15) is 41.5 Å². The van der Waals surface area contributed by atoms with Crippen LogP contribution in [0.2, 0.25) is 0 Å². The molecule has 2 aromatic heterocycles. The normalized spacial score (nSPS) is 11.2. The maximum atomic E-state index is 12.7. The zero-order valence-electron chi connectivity index (χ0n) is 13.1. The summed E-state index contributed by atoms with van der Waals surface area (Å²) < 4.78 is 6.15. The van der Waals surface area contributed by atoms with Gasteiger partial charge in [-0.15, -0.1) is 0 Å². The zero-order valence-corrected chi connectivity index (χ0v) is 14.6. The van der Waals surface area contributed by atoms with Crippen LogP contribution in [-0.4, -0.2) is 16.0 Å². The van der Waals surface area contributed by atoms with Gasteiger partial charge < -0.3 is 9.84 Å². The van der Waals surface area contributed by atoms with Gasteiger partial charge in [0.1, 0.15) is 0 Å². The van der Waals surface area contributed by atoms with E-state index in [1.807, 2.05) is 44.2 Å². The van der Waals surface area contributed by atoms with Crippen LogP contribution in [0, 0.1) is 6.92 Å². The average molecular weight is 374 g/mol.